The van der Waals surface area contributed by atoms with Crippen molar-refractivity contribution in [3.8, 4) is 11.3 Å². The number of anilines is 1. The summed E-state index contributed by atoms with van der Waals surface area (Å²) in [4.78, 5) is 4.55. The van der Waals surface area contributed by atoms with Crippen LogP contribution >= 0.6 is 17.0 Å². The molecule has 0 aliphatic rings. The van der Waals surface area contributed by atoms with Gasteiger partial charge in [0.05, 0.1) is 11.2 Å². The van der Waals surface area contributed by atoms with E-state index in [0.29, 0.717) is 5.82 Å². The molecule has 0 unspecified atom stereocenters. The molecular formula is C17H23Cl2N2OZr+. The van der Waals surface area contributed by atoms with Gasteiger partial charge in [0.1, 0.15) is 0 Å². The van der Waals surface area contributed by atoms with E-state index in [0.717, 1.165) is 11.3 Å². The molecule has 0 bridgehead atoms. The van der Waals surface area contributed by atoms with Crippen LogP contribution in [0.4, 0.5) is 5.82 Å². The number of hydrogen-bond acceptors (Lipinski definition) is 3. The fourth-order valence-corrected chi connectivity index (χ4v) is 1.90. The van der Waals surface area contributed by atoms with Crippen molar-refractivity contribution in [2.45, 2.75) is 33.2 Å². The number of aryl methyl sites for hydroxylation is 1. The molecular weight excluding hydrogens is 410 g/mol. The van der Waals surface area contributed by atoms with Crippen LogP contribution < -0.4 is 5.06 Å². The van der Waals surface area contributed by atoms with Crippen LogP contribution in [0.2, 0.25) is 0 Å². The molecule has 0 saturated carbocycles. The van der Waals surface area contributed by atoms with Gasteiger partial charge in [0.15, 0.2) is 5.82 Å². The van der Waals surface area contributed by atoms with Crippen molar-refractivity contribution in [2.24, 2.45) is 0 Å². The third kappa shape index (κ3) is 6.93. The number of aromatic nitrogens is 1. The maximum absolute atomic E-state index is 10.2. The van der Waals surface area contributed by atoms with Gasteiger partial charge in [0, 0.05) is 5.56 Å². The Morgan fingerprint density at radius 3 is 2.13 bits per heavy atom. The summed E-state index contributed by atoms with van der Waals surface area (Å²) in [5.41, 5.74) is 2.76. The number of halogens is 2. The first-order valence-corrected chi connectivity index (χ1v) is 13.1. The summed E-state index contributed by atoms with van der Waals surface area (Å²) in [6.45, 7) is 7.88. The van der Waals surface area contributed by atoms with Crippen LogP contribution in [0.15, 0.2) is 42.5 Å². The van der Waals surface area contributed by atoms with E-state index >= 15 is 0 Å². The first-order valence-electron chi connectivity index (χ1n) is 6.79. The normalized spacial score (nSPS) is 9.87. The molecule has 0 spiro atoms. The van der Waals surface area contributed by atoms with Gasteiger partial charge in [-0.2, -0.15) is 0 Å². The molecule has 3 nitrogen and oxygen atoms in total. The Balaban J connectivity index is 0.00000112. The van der Waals surface area contributed by atoms with Gasteiger partial charge in [0.25, 0.3) is 0 Å². The second kappa shape index (κ2) is 10.5. The van der Waals surface area contributed by atoms with Crippen molar-refractivity contribution >= 4 is 22.8 Å². The molecule has 23 heavy (non-hydrogen) atoms. The number of pyridine rings is 1. The minimum atomic E-state index is -0.826. The van der Waals surface area contributed by atoms with Crippen molar-refractivity contribution in [3.63, 3.8) is 0 Å². The molecule has 1 heterocycles. The average Bonchev–Trinajstić information content (AvgIpc) is 2.47. The Kier molecular flexibility index (Phi) is 10.3. The summed E-state index contributed by atoms with van der Waals surface area (Å²) in [5.74, 6) is 0.563. The zero-order valence-electron chi connectivity index (χ0n) is 14.1. The Labute approximate surface area is 158 Å². The number of rotatable bonds is 2. The summed E-state index contributed by atoms with van der Waals surface area (Å²) < 4.78 is 0. The van der Waals surface area contributed by atoms with Gasteiger partial charge in [-0.25, -0.2) is 10.0 Å². The molecule has 6 heteroatoms. The predicted molar refractivity (Wildman–Crippen MR) is 96.5 cm³/mol. The van der Waals surface area contributed by atoms with E-state index < -0.39 is 20.8 Å². The maximum atomic E-state index is 10.2. The van der Waals surface area contributed by atoms with Crippen LogP contribution in [-0.2, 0) is 20.8 Å². The molecule has 1 N–H and O–H groups in total. The molecule has 0 atom stereocenters. The second-order valence-electron chi connectivity index (χ2n) is 5.75. The second-order valence-corrected chi connectivity index (χ2v) is 9.48. The Morgan fingerprint density at radius 2 is 1.61 bits per heavy atom. The fraction of sp³-hybridized carbons (Fsp3) is 0.294. The van der Waals surface area contributed by atoms with Gasteiger partial charge >= 0.3 is 37.9 Å². The first-order chi connectivity index (χ1) is 10.3. The van der Waals surface area contributed by atoms with Gasteiger partial charge in [-0.1, -0.05) is 30.3 Å². The van der Waals surface area contributed by atoms with E-state index in [9.17, 15) is 5.21 Å². The zero-order valence-corrected chi connectivity index (χ0v) is 18.1. The summed E-state index contributed by atoms with van der Waals surface area (Å²) >= 11 is -0.826. The number of nitrogens with zero attached hydrogens (tertiary/aromatic N) is 2. The third-order valence-electron chi connectivity index (χ3n) is 3.01. The Bertz CT molecular complexity index is 603. The van der Waals surface area contributed by atoms with Crippen LogP contribution in [0.25, 0.3) is 11.3 Å². The molecule has 0 fully saturated rings. The van der Waals surface area contributed by atoms with Crippen molar-refractivity contribution in [3.05, 3.63) is 55.5 Å². The molecule has 0 radical (unpaired) electrons. The zero-order chi connectivity index (χ0) is 16.8. The minimum absolute atomic E-state index is 0. The SMILES string of the molecule is Cc1ccccc1-c1cccc(N(O)C(C)(C)C)n1.[CH3-].[Cl][Zr+2][Cl]. The summed E-state index contributed by atoms with van der Waals surface area (Å²) in [6.07, 6.45) is 0. The third-order valence-corrected chi connectivity index (χ3v) is 3.01. The molecule has 0 aliphatic carbocycles. The van der Waals surface area contributed by atoms with Crippen LogP contribution in [0, 0.1) is 14.4 Å². The van der Waals surface area contributed by atoms with Crippen molar-refractivity contribution < 1.29 is 26.1 Å². The van der Waals surface area contributed by atoms with E-state index in [1.54, 1.807) is 0 Å². The predicted octanol–water partition coefficient (Wildman–Crippen LogP) is 5.88. The standard InChI is InChI=1S/C16H20N2O.CH3.2ClH.Zr/c1-12-8-5-6-9-13(12)14-10-7-11-15(17-14)18(19)16(2,3)4;;;;/h5-11,19H,1-4H3;1H3;2*1H;/q;-1;;;+4/p-2. The van der Waals surface area contributed by atoms with E-state index in [2.05, 4.69) is 18.0 Å². The van der Waals surface area contributed by atoms with E-state index in [1.165, 1.54) is 10.6 Å². The van der Waals surface area contributed by atoms with Crippen molar-refractivity contribution in [1.82, 2.24) is 4.98 Å². The van der Waals surface area contributed by atoms with Crippen LogP contribution in [0.3, 0.4) is 0 Å². The van der Waals surface area contributed by atoms with Crippen LogP contribution in [0.1, 0.15) is 26.3 Å². The molecule has 124 valence electrons. The van der Waals surface area contributed by atoms with Gasteiger partial charge in [0.2, 0.25) is 0 Å². The summed E-state index contributed by atoms with van der Waals surface area (Å²) in [7, 11) is 9.87. The first kappa shape index (κ1) is 22.6. The quantitative estimate of drug-likeness (QED) is 0.475. The Hall–Kier alpha value is -0.407. The summed E-state index contributed by atoms with van der Waals surface area (Å²) in [6, 6.07) is 13.8. The van der Waals surface area contributed by atoms with E-state index in [-0.39, 0.29) is 13.0 Å². The van der Waals surface area contributed by atoms with Crippen LogP contribution in [-0.4, -0.2) is 15.7 Å². The van der Waals surface area contributed by atoms with E-state index in [4.69, 9.17) is 17.0 Å². The van der Waals surface area contributed by atoms with E-state index in [1.807, 2.05) is 57.2 Å². The number of benzene rings is 1. The number of hydrogen-bond donors (Lipinski definition) is 1. The molecule has 1 aromatic carbocycles. The monoisotopic (exact) mass is 431 g/mol. The fourth-order valence-electron chi connectivity index (χ4n) is 1.90. The molecule has 2 aromatic rings. The van der Waals surface area contributed by atoms with Gasteiger partial charge in [-0.15, -0.1) is 0 Å². The Morgan fingerprint density at radius 1 is 1.04 bits per heavy atom. The van der Waals surface area contributed by atoms with Gasteiger partial charge in [-0.05, 0) is 45.4 Å². The average molecular weight is 434 g/mol. The van der Waals surface area contributed by atoms with Crippen molar-refractivity contribution in [1.29, 1.82) is 0 Å². The summed E-state index contributed by atoms with van der Waals surface area (Å²) in [5, 5.41) is 11.4. The molecule has 1 aromatic heterocycles. The van der Waals surface area contributed by atoms with Crippen molar-refractivity contribution in [2.75, 3.05) is 5.06 Å². The molecule has 0 aliphatic heterocycles. The van der Waals surface area contributed by atoms with Gasteiger partial charge < -0.3 is 7.43 Å². The number of hydroxylamine groups is 1. The molecule has 2 rings (SSSR count). The molecule has 0 saturated heterocycles. The topological polar surface area (TPSA) is 36.4 Å². The van der Waals surface area contributed by atoms with Gasteiger partial charge in [-0.3, -0.25) is 5.21 Å². The molecule has 0 amide bonds. The van der Waals surface area contributed by atoms with Crippen LogP contribution in [0.5, 0.6) is 0 Å².